The predicted molar refractivity (Wildman–Crippen MR) is 58.5 cm³/mol. The van der Waals surface area contributed by atoms with Crippen LogP contribution >= 0.6 is 22.3 Å². The lowest BCUT2D eigenvalue weighted by Crippen LogP contribution is -2.22. The van der Waals surface area contributed by atoms with Gasteiger partial charge in [0.1, 0.15) is 4.90 Å². The van der Waals surface area contributed by atoms with Crippen LogP contribution < -0.4 is 4.74 Å². The van der Waals surface area contributed by atoms with Gasteiger partial charge in [-0.05, 0) is 0 Å². The van der Waals surface area contributed by atoms with Crippen LogP contribution in [0.3, 0.4) is 0 Å². The molecule has 0 aromatic carbocycles. The normalized spacial score (nSPS) is 13.3. The molecular formula is C8H3Cl2F6NO3S. The van der Waals surface area contributed by atoms with Gasteiger partial charge in [-0.1, -0.05) is 0 Å². The van der Waals surface area contributed by atoms with Gasteiger partial charge in [0.25, 0.3) is 9.05 Å². The van der Waals surface area contributed by atoms with Gasteiger partial charge in [0, 0.05) is 16.7 Å². The van der Waals surface area contributed by atoms with Gasteiger partial charge in [-0.15, -0.1) is 24.8 Å². The Kier molecular flexibility index (Phi) is 4.91. The standard InChI is InChI=1S/C8H3Cl2F6NO3S/c9-2-3-5(21(10,18)19)1-4(20-8(14,15)16)6(17-3)7(11,12)13/h1H,2H2. The van der Waals surface area contributed by atoms with E-state index in [9.17, 15) is 34.8 Å². The molecule has 0 amide bonds. The van der Waals surface area contributed by atoms with Crippen LogP contribution in [0.1, 0.15) is 11.4 Å². The zero-order valence-electron chi connectivity index (χ0n) is 9.39. The number of nitrogens with zero attached hydrogens (tertiary/aromatic N) is 1. The summed E-state index contributed by atoms with van der Waals surface area (Å²) in [5, 5.41) is 0. The fourth-order valence-electron chi connectivity index (χ4n) is 1.23. The number of pyridine rings is 1. The van der Waals surface area contributed by atoms with Crippen LogP contribution in [-0.4, -0.2) is 19.8 Å². The van der Waals surface area contributed by atoms with Gasteiger partial charge in [-0.2, -0.15) is 13.2 Å². The molecule has 0 N–H and O–H groups in total. The summed E-state index contributed by atoms with van der Waals surface area (Å²) in [6, 6.07) is -0.0244. The van der Waals surface area contributed by atoms with Gasteiger partial charge in [-0.3, -0.25) is 0 Å². The molecule has 1 aromatic rings. The summed E-state index contributed by atoms with van der Waals surface area (Å²) in [6.07, 6.45) is -10.8. The molecule has 120 valence electrons. The number of ether oxygens (including phenoxy) is 1. The Morgan fingerprint density at radius 3 is 2.05 bits per heavy atom. The quantitative estimate of drug-likeness (QED) is 0.458. The predicted octanol–water partition coefficient (Wildman–Crippen LogP) is 3.67. The van der Waals surface area contributed by atoms with Gasteiger partial charge in [-0.25, -0.2) is 13.4 Å². The molecule has 0 saturated carbocycles. The second-order valence-corrected chi connectivity index (χ2v) is 6.20. The summed E-state index contributed by atoms with van der Waals surface area (Å²) >= 11 is 5.23. The van der Waals surface area contributed by atoms with E-state index in [1.807, 2.05) is 0 Å². The number of halogens is 8. The minimum Gasteiger partial charge on any atom is -0.403 e. The van der Waals surface area contributed by atoms with Crippen LogP contribution in [0.15, 0.2) is 11.0 Å². The first-order valence-corrected chi connectivity index (χ1v) is 7.47. The lowest BCUT2D eigenvalue weighted by molar-refractivity contribution is -0.276. The Morgan fingerprint density at radius 1 is 1.19 bits per heavy atom. The summed E-state index contributed by atoms with van der Waals surface area (Å²) in [5.74, 6) is -2.67. The average molecular weight is 378 g/mol. The average Bonchev–Trinajstić information content (AvgIpc) is 2.23. The first kappa shape index (κ1) is 18.1. The van der Waals surface area contributed by atoms with Crippen LogP contribution in [0.5, 0.6) is 5.75 Å². The number of rotatable bonds is 3. The van der Waals surface area contributed by atoms with E-state index in [2.05, 4.69) is 9.72 Å². The van der Waals surface area contributed by atoms with Crippen molar-refractivity contribution in [3.05, 3.63) is 17.5 Å². The third kappa shape index (κ3) is 4.78. The lowest BCUT2D eigenvalue weighted by atomic mass is 10.2. The highest BCUT2D eigenvalue weighted by Crippen LogP contribution is 2.39. The molecule has 0 atom stereocenters. The molecule has 0 aliphatic rings. The fourth-order valence-corrected chi connectivity index (χ4v) is 2.56. The minimum atomic E-state index is -5.49. The van der Waals surface area contributed by atoms with E-state index in [1.165, 1.54) is 0 Å². The van der Waals surface area contributed by atoms with Gasteiger partial charge < -0.3 is 4.74 Å². The molecule has 21 heavy (non-hydrogen) atoms. The van der Waals surface area contributed by atoms with Crippen molar-refractivity contribution in [2.24, 2.45) is 0 Å². The van der Waals surface area contributed by atoms with E-state index >= 15 is 0 Å². The number of hydrogen-bond acceptors (Lipinski definition) is 4. The number of hydrogen-bond donors (Lipinski definition) is 0. The SMILES string of the molecule is O=S(=O)(Cl)c1cc(OC(F)(F)F)c(C(F)(F)F)nc1CCl. The number of alkyl halides is 7. The largest absolute Gasteiger partial charge is 0.573 e. The van der Waals surface area contributed by atoms with E-state index in [1.54, 1.807) is 0 Å². The van der Waals surface area contributed by atoms with Crippen molar-refractivity contribution in [2.75, 3.05) is 0 Å². The number of aromatic nitrogens is 1. The maximum absolute atomic E-state index is 12.6. The van der Waals surface area contributed by atoms with E-state index in [0.717, 1.165) is 0 Å². The van der Waals surface area contributed by atoms with E-state index < -0.39 is 49.5 Å². The van der Waals surface area contributed by atoms with E-state index in [-0.39, 0.29) is 6.07 Å². The molecule has 1 aromatic heterocycles. The first-order valence-electron chi connectivity index (χ1n) is 4.63. The zero-order valence-corrected chi connectivity index (χ0v) is 11.7. The molecule has 0 unspecified atom stereocenters. The minimum absolute atomic E-state index is 0.0244. The summed E-state index contributed by atoms with van der Waals surface area (Å²) in [4.78, 5) is 1.66. The molecular weight excluding hydrogens is 375 g/mol. The first-order chi connectivity index (χ1) is 9.25. The van der Waals surface area contributed by atoms with Crippen molar-refractivity contribution in [1.29, 1.82) is 0 Å². The van der Waals surface area contributed by atoms with Crippen LogP contribution in [0.25, 0.3) is 0 Å². The van der Waals surface area contributed by atoms with Crippen molar-refractivity contribution >= 4 is 31.3 Å². The highest BCUT2D eigenvalue weighted by molar-refractivity contribution is 8.13. The van der Waals surface area contributed by atoms with E-state index in [0.29, 0.717) is 0 Å². The van der Waals surface area contributed by atoms with Crippen molar-refractivity contribution in [3.63, 3.8) is 0 Å². The molecule has 1 heterocycles. The molecule has 0 aliphatic heterocycles. The molecule has 13 heteroatoms. The second-order valence-electron chi connectivity index (χ2n) is 3.40. The molecule has 0 radical (unpaired) electrons. The highest BCUT2D eigenvalue weighted by Gasteiger charge is 2.42. The Bertz CT molecular complexity index is 643. The summed E-state index contributed by atoms with van der Waals surface area (Å²) in [5.41, 5.74) is -2.92. The molecule has 0 fully saturated rings. The van der Waals surface area contributed by atoms with Crippen LogP contribution in [0.4, 0.5) is 26.3 Å². The third-order valence-electron chi connectivity index (χ3n) is 1.91. The lowest BCUT2D eigenvalue weighted by Gasteiger charge is -2.16. The monoisotopic (exact) mass is 377 g/mol. The van der Waals surface area contributed by atoms with Gasteiger partial charge >= 0.3 is 12.5 Å². The van der Waals surface area contributed by atoms with Crippen LogP contribution in [0.2, 0.25) is 0 Å². The smallest absolute Gasteiger partial charge is 0.403 e. The zero-order chi connectivity index (χ0) is 16.6. The molecule has 0 aliphatic carbocycles. The topological polar surface area (TPSA) is 56.3 Å². The highest BCUT2D eigenvalue weighted by atomic mass is 35.7. The molecule has 4 nitrogen and oxygen atoms in total. The maximum atomic E-state index is 12.6. The van der Waals surface area contributed by atoms with Crippen molar-refractivity contribution < 1.29 is 39.5 Å². The van der Waals surface area contributed by atoms with Crippen molar-refractivity contribution in [2.45, 2.75) is 23.3 Å². The Morgan fingerprint density at radius 2 is 1.71 bits per heavy atom. The molecule has 0 spiro atoms. The van der Waals surface area contributed by atoms with Gasteiger partial charge in [0.15, 0.2) is 11.4 Å². The molecule has 0 bridgehead atoms. The second kappa shape index (κ2) is 5.69. The Labute approximate surface area is 123 Å². The van der Waals surface area contributed by atoms with Crippen LogP contribution in [0, 0.1) is 0 Å². The summed E-state index contributed by atoms with van der Waals surface area (Å²) in [6.45, 7) is 0. The third-order valence-corrected chi connectivity index (χ3v) is 3.54. The molecule has 1 rings (SSSR count). The Hall–Kier alpha value is -0.940. The van der Waals surface area contributed by atoms with E-state index in [4.69, 9.17) is 22.3 Å². The molecule has 0 saturated heterocycles. The van der Waals surface area contributed by atoms with Gasteiger partial charge in [0.05, 0.1) is 11.6 Å². The summed E-state index contributed by atoms with van der Waals surface area (Å²) in [7, 11) is 0.232. The van der Waals surface area contributed by atoms with Crippen molar-refractivity contribution in [3.8, 4) is 5.75 Å². The Balaban J connectivity index is 3.66. The summed E-state index contributed by atoms with van der Waals surface area (Å²) < 4.78 is 99.6. The van der Waals surface area contributed by atoms with Crippen molar-refractivity contribution in [1.82, 2.24) is 4.98 Å². The van der Waals surface area contributed by atoms with Crippen LogP contribution in [-0.2, 0) is 21.1 Å². The maximum Gasteiger partial charge on any atom is 0.573 e. The van der Waals surface area contributed by atoms with Gasteiger partial charge in [0.2, 0.25) is 0 Å². The fraction of sp³-hybridized carbons (Fsp3) is 0.375.